The molecule has 0 aliphatic rings. The quantitative estimate of drug-likeness (QED) is 0.826. The van der Waals surface area contributed by atoms with Crippen LogP contribution in [0.2, 0.25) is 0 Å². The van der Waals surface area contributed by atoms with Gasteiger partial charge in [-0.3, -0.25) is 9.59 Å². The maximum absolute atomic E-state index is 12.4. The summed E-state index contributed by atoms with van der Waals surface area (Å²) in [5.41, 5.74) is 2.50. The number of nitrogens with zero attached hydrogens (tertiary/aromatic N) is 2. The van der Waals surface area contributed by atoms with E-state index in [-0.39, 0.29) is 12.3 Å². The van der Waals surface area contributed by atoms with E-state index in [1.807, 2.05) is 44.1 Å². The largest absolute Gasteiger partial charge is 0.480 e. The molecule has 21 heavy (non-hydrogen) atoms. The Kier molecular flexibility index (Phi) is 4.43. The maximum atomic E-state index is 12.4. The van der Waals surface area contributed by atoms with Crippen molar-refractivity contribution in [3.8, 4) is 0 Å². The molecular formula is C16H20N2O3. The number of benzene rings is 1. The molecule has 0 unspecified atom stereocenters. The van der Waals surface area contributed by atoms with Crippen molar-refractivity contribution in [1.29, 1.82) is 0 Å². The summed E-state index contributed by atoms with van der Waals surface area (Å²) in [6.45, 7) is 2.19. The molecule has 2 aromatic rings. The van der Waals surface area contributed by atoms with Crippen LogP contribution in [0.15, 0.2) is 24.4 Å². The van der Waals surface area contributed by atoms with Gasteiger partial charge in [0.1, 0.15) is 6.54 Å². The molecule has 0 aliphatic carbocycles. The lowest BCUT2D eigenvalue weighted by Crippen LogP contribution is -2.21. The van der Waals surface area contributed by atoms with Crippen LogP contribution >= 0.6 is 0 Å². The molecule has 1 aromatic carbocycles. The van der Waals surface area contributed by atoms with Crippen LogP contribution < -0.4 is 0 Å². The number of carbonyl (C=O) groups is 2. The summed E-state index contributed by atoms with van der Waals surface area (Å²) in [5.74, 6) is -0.910. The molecule has 1 N–H and O–H groups in total. The van der Waals surface area contributed by atoms with Gasteiger partial charge in [-0.1, -0.05) is 25.1 Å². The van der Waals surface area contributed by atoms with Crippen molar-refractivity contribution < 1.29 is 14.7 Å². The van der Waals surface area contributed by atoms with E-state index in [0.29, 0.717) is 12.1 Å². The number of carboxylic acids is 1. The Morgan fingerprint density at radius 3 is 2.57 bits per heavy atom. The fraction of sp³-hybridized carbons (Fsp3) is 0.375. The van der Waals surface area contributed by atoms with Crippen molar-refractivity contribution in [3.63, 3.8) is 0 Å². The lowest BCUT2D eigenvalue weighted by molar-refractivity contribution is -0.137. The molecule has 0 saturated carbocycles. The van der Waals surface area contributed by atoms with Crippen LogP contribution in [0.25, 0.3) is 10.9 Å². The van der Waals surface area contributed by atoms with Crippen LogP contribution in [0, 0.1) is 0 Å². The van der Waals surface area contributed by atoms with Crippen LogP contribution in [0.5, 0.6) is 0 Å². The van der Waals surface area contributed by atoms with E-state index >= 15 is 0 Å². The van der Waals surface area contributed by atoms with Gasteiger partial charge in [-0.25, -0.2) is 0 Å². The first-order chi connectivity index (χ1) is 9.93. The number of carbonyl (C=O) groups excluding carboxylic acids is 1. The number of carboxylic acid groups (broad SMARTS) is 1. The van der Waals surface area contributed by atoms with Crippen molar-refractivity contribution in [1.82, 2.24) is 9.47 Å². The van der Waals surface area contributed by atoms with E-state index in [0.717, 1.165) is 22.9 Å². The minimum Gasteiger partial charge on any atom is -0.480 e. The number of ketones is 1. The highest BCUT2D eigenvalue weighted by Crippen LogP contribution is 2.26. The number of aliphatic carboxylic acids is 1. The Balaban J connectivity index is 2.62. The lowest BCUT2D eigenvalue weighted by Gasteiger charge is -2.07. The molecule has 0 bridgehead atoms. The predicted molar refractivity (Wildman–Crippen MR) is 81.8 cm³/mol. The molecule has 0 atom stereocenters. The van der Waals surface area contributed by atoms with E-state index in [2.05, 4.69) is 0 Å². The van der Waals surface area contributed by atoms with Crippen LogP contribution in [-0.2, 0) is 17.8 Å². The van der Waals surface area contributed by atoms with Gasteiger partial charge in [-0.05, 0) is 26.1 Å². The van der Waals surface area contributed by atoms with Crippen molar-refractivity contribution in [2.75, 3.05) is 20.6 Å². The fourth-order valence-electron chi connectivity index (χ4n) is 2.59. The molecular weight excluding hydrogens is 268 g/mol. The molecule has 112 valence electrons. The second kappa shape index (κ2) is 6.10. The first kappa shape index (κ1) is 15.3. The highest BCUT2D eigenvalue weighted by molar-refractivity contribution is 6.09. The van der Waals surface area contributed by atoms with Crippen LogP contribution in [0.3, 0.4) is 0 Å². The molecule has 0 fully saturated rings. The summed E-state index contributed by atoms with van der Waals surface area (Å²) in [6.07, 6.45) is 2.46. The highest BCUT2D eigenvalue weighted by atomic mass is 16.4. The molecule has 0 saturated heterocycles. The number of aromatic nitrogens is 1. The first-order valence-electron chi connectivity index (χ1n) is 6.94. The Hall–Kier alpha value is -2.14. The van der Waals surface area contributed by atoms with Gasteiger partial charge in [0.2, 0.25) is 0 Å². The summed E-state index contributed by atoms with van der Waals surface area (Å²) in [4.78, 5) is 25.2. The van der Waals surface area contributed by atoms with Crippen LogP contribution in [0.1, 0.15) is 22.8 Å². The third kappa shape index (κ3) is 3.13. The molecule has 0 radical (unpaired) electrons. The minimum atomic E-state index is -0.913. The second-order valence-corrected chi connectivity index (χ2v) is 5.39. The summed E-state index contributed by atoms with van der Waals surface area (Å²) in [7, 11) is 3.68. The average Bonchev–Trinajstić information content (AvgIpc) is 2.76. The van der Waals surface area contributed by atoms with Crippen molar-refractivity contribution in [2.45, 2.75) is 19.9 Å². The van der Waals surface area contributed by atoms with E-state index in [9.17, 15) is 9.59 Å². The summed E-state index contributed by atoms with van der Waals surface area (Å²) in [5, 5.41) is 9.90. The zero-order valence-electron chi connectivity index (χ0n) is 12.6. The number of aryl methyl sites for hydroxylation is 1. The molecule has 2 rings (SSSR count). The molecule has 5 heteroatoms. The van der Waals surface area contributed by atoms with Gasteiger partial charge >= 0.3 is 5.97 Å². The van der Waals surface area contributed by atoms with Crippen LogP contribution in [-0.4, -0.2) is 47.0 Å². The Morgan fingerprint density at radius 2 is 2.00 bits per heavy atom. The van der Waals surface area contributed by atoms with E-state index in [1.165, 1.54) is 0 Å². The second-order valence-electron chi connectivity index (χ2n) is 5.39. The van der Waals surface area contributed by atoms with E-state index in [1.54, 1.807) is 10.8 Å². The standard InChI is InChI=1S/C16H20N2O3/c1-4-11-6-5-7-12-13(14(19)9-17(2)3)8-18(16(11)12)10-15(20)21/h5-8H,4,9-10H2,1-3H3,(H,20,21). The molecule has 1 heterocycles. The normalized spacial score (nSPS) is 11.2. The van der Waals surface area contributed by atoms with Crippen molar-refractivity contribution >= 4 is 22.7 Å². The molecule has 5 nitrogen and oxygen atoms in total. The topological polar surface area (TPSA) is 62.5 Å². The maximum Gasteiger partial charge on any atom is 0.323 e. The third-order valence-electron chi connectivity index (χ3n) is 3.43. The summed E-state index contributed by atoms with van der Waals surface area (Å²) >= 11 is 0. The highest BCUT2D eigenvalue weighted by Gasteiger charge is 2.18. The monoisotopic (exact) mass is 288 g/mol. The van der Waals surface area contributed by atoms with Gasteiger partial charge in [0.25, 0.3) is 0 Å². The van der Waals surface area contributed by atoms with Gasteiger partial charge < -0.3 is 14.6 Å². The Bertz CT molecular complexity index is 686. The smallest absolute Gasteiger partial charge is 0.323 e. The van der Waals surface area contributed by atoms with Gasteiger partial charge in [-0.15, -0.1) is 0 Å². The minimum absolute atomic E-state index is 0.00221. The zero-order valence-corrected chi connectivity index (χ0v) is 12.6. The summed E-state index contributed by atoms with van der Waals surface area (Å²) in [6, 6.07) is 5.77. The first-order valence-corrected chi connectivity index (χ1v) is 6.94. The van der Waals surface area contributed by atoms with Gasteiger partial charge in [-0.2, -0.15) is 0 Å². The zero-order chi connectivity index (χ0) is 15.6. The van der Waals surface area contributed by atoms with E-state index in [4.69, 9.17) is 5.11 Å². The number of hydrogen-bond donors (Lipinski definition) is 1. The SMILES string of the molecule is CCc1cccc2c(C(=O)CN(C)C)cn(CC(=O)O)c12. The Labute approximate surface area is 123 Å². The van der Waals surface area contributed by atoms with Gasteiger partial charge in [0.15, 0.2) is 5.78 Å². The number of hydrogen-bond acceptors (Lipinski definition) is 3. The molecule has 0 spiro atoms. The number of rotatable bonds is 6. The van der Waals surface area contributed by atoms with E-state index < -0.39 is 5.97 Å². The average molecular weight is 288 g/mol. The number of para-hydroxylation sites is 1. The van der Waals surface area contributed by atoms with Gasteiger partial charge in [0.05, 0.1) is 12.1 Å². The fourth-order valence-corrected chi connectivity index (χ4v) is 2.59. The molecule has 0 aliphatic heterocycles. The number of likely N-dealkylation sites (N-methyl/N-ethyl adjacent to an activating group) is 1. The Morgan fingerprint density at radius 1 is 1.29 bits per heavy atom. The summed E-state index contributed by atoms with van der Waals surface area (Å²) < 4.78 is 1.67. The number of Topliss-reactive ketones (excluding diaryl/α,β-unsaturated/α-hetero) is 1. The van der Waals surface area contributed by atoms with Crippen molar-refractivity contribution in [3.05, 3.63) is 35.5 Å². The third-order valence-corrected chi connectivity index (χ3v) is 3.43. The van der Waals surface area contributed by atoms with Crippen LogP contribution in [0.4, 0.5) is 0 Å². The number of fused-ring (bicyclic) bond motifs is 1. The lowest BCUT2D eigenvalue weighted by atomic mass is 10.0. The van der Waals surface area contributed by atoms with Crippen molar-refractivity contribution in [2.24, 2.45) is 0 Å². The predicted octanol–water partition coefficient (Wildman–Crippen LogP) is 2.03. The van der Waals surface area contributed by atoms with Gasteiger partial charge in [0, 0.05) is 17.1 Å². The molecule has 1 aromatic heterocycles. The molecule has 0 amide bonds.